The number of ether oxygens (including phenoxy) is 1. The highest BCUT2D eigenvalue weighted by Crippen LogP contribution is 2.75. The SMILES string of the molecule is CC(=O)O[C@@]12CC(C)C34C=C(C)[C@H](O)[C@@]3(O)[C@H](O)C(CO)=C[C@H](C4=O)[C@@H]1C2(C)C. The van der Waals surface area contributed by atoms with Gasteiger partial charge in [0.25, 0.3) is 0 Å². The second-order valence-corrected chi connectivity index (χ2v) is 9.97. The molecule has 2 unspecified atom stereocenters. The van der Waals surface area contributed by atoms with Crippen molar-refractivity contribution in [2.45, 2.75) is 64.4 Å². The summed E-state index contributed by atoms with van der Waals surface area (Å²) in [5, 5.41) is 43.6. The molecule has 1 spiro atoms. The van der Waals surface area contributed by atoms with Crippen LogP contribution in [0, 0.1) is 28.6 Å². The van der Waals surface area contributed by atoms with Gasteiger partial charge in [0.15, 0.2) is 5.78 Å². The fraction of sp³-hybridized carbons (Fsp3) is 0.727. The van der Waals surface area contributed by atoms with Crippen LogP contribution in [-0.2, 0) is 14.3 Å². The van der Waals surface area contributed by atoms with Crippen LogP contribution in [0.5, 0.6) is 0 Å². The largest absolute Gasteiger partial charge is 0.458 e. The summed E-state index contributed by atoms with van der Waals surface area (Å²) in [6, 6.07) is 0. The van der Waals surface area contributed by atoms with Gasteiger partial charge in [-0.05, 0) is 30.4 Å². The van der Waals surface area contributed by atoms with Crippen molar-refractivity contribution in [2.24, 2.45) is 28.6 Å². The molecule has 0 saturated heterocycles. The summed E-state index contributed by atoms with van der Waals surface area (Å²) in [7, 11) is 0. The first-order valence-corrected chi connectivity index (χ1v) is 10.2. The number of Topliss-reactive ketones (excluding diaryl/α,β-unsaturated/α-hetero) is 1. The number of fused-ring (bicyclic) bond motifs is 3. The lowest BCUT2D eigenvalue weighted by molar-refractivity contribution is -0.191. The van der Waals surface area contributed by atoms with E-state index in [9.17, 15) is 30.0 Å². The molecule has 7 nitrogen and oxygen atoms in total. The van der Waals surface area contributed by atoms with Crippen LogP contribution in [0.4, 0.5) is 0 Å². The van der Waals surface area contributed by atoms with Crippen molar-refractivity contribution < 1.29 is 34.8 Å². The normalized spacial score (nSPS) is 49.8. The van der Waals surface area contributed by atoms with Gasteiger partial charge in [0.2, 0.25) is 0 Å². The van der Waals surface area contributed by atoms with Crippen molar-refractivity contribution in [2.75, 3.05) is 6.61 Å². The van der Waals surface area contributed by atoms with E-state index in [1.165, 1.54) is 13.0 Å². The summed E-state index contributed by atoms with van der Waals surface area (Å²) in [6.45, 7) is 8.09. The van der Waals surface area contributed by atoms with Crippen molar-refractivity contribution in [3.63, 3.8) is 0 Å². The van der Waals surface area contributed by atoms with E-state index >= 15 is 0 Å². The van der Waals surface area contributed by atoms with E-state index < -0.39 is 58.7 Å². The van der Waals surface area contributed by atoms with Crippen molar-refractivity contribution in [3.8, 4) is 0 Å². The lowest BCUT2D eigenvalue weighted by Gasteiger charge is -2.48. The molecule has 7 heteroatoms. The average Bonchev–Trinajstić information content (AvgIpc) is 3.03. The van der Waals surface area contributed by atoms with Crippen LogP contribution in [0.3, 0.4) is 0 Å². The van der Waals surface area contributed by atoms with E-state index in [1.807, 2.05) is 13.8 Å². The maximum Gasteiger partial charge on any atom is 0.303 e. The summed E-state index contributed by atoms with van der Waals surface area (Å²) >= 11 is 0. The Kier molecular flexibility index (Phi) is 4.13. The molecule has 4 aliphatic rings. The van der Waals surface area contributed by atoms with Crippen LogP contribution in [0.15, 0.2) is 23.3 Å². The smallest absolute Gasteiger partial charge is 0.303 e. The molecule has 4 aliphatic carbocycles. The lowest BCUT2D eigenvalue weighted by Crippen LogP contribution is -2.65. The van der Waals surface area contributed by atoms with Crippen molar-refractivity contribution in [1.29, 1.82) is 0 Å². The summed E-state index contributed by atoms with van der Waals surface area (Å²) in [5.41, 5.74) is -4.63. The highest BCUT2D eigenvalue weighted by atomic mass is 16.6. The van der Waals surface area contributed by atoms with Crippen molar-refractivity contribution >= 4 is 11.8 Å². The number of hydrogen-bond donors (Lipinski definition) is 4. The van der Waals surface area contributed by atoms with Gasteiger partial charge in [-0.1, -0.05) is 32.9 Å². The number of allylic oxidation sites excluding steroid dienone is 1. The standard InChI is InChI=1S/C22H30O7/c1-10-7-20-11(2)8-21(29-12(3)24)15(19(21,4)5)14(18(20)27)6-13(9-23)17(26)22(20,28)16(10)25/h6-7,11,14-17,23,25-26,28H,8-9H2,1-5H3/t11?,14-,15+,16-,17+,20?,21-,22+/m0/s1. The van der Waals surface area contributed by atoms with Crippen LogP contribution >= 0.6 is 0 Å². The number of rotatable bonds is 2. The first-order chi connectivity index (χ1) is 13.3. The van der Waals surface area contributed by atoms with Gasteiger partial charge in [0.1, 0.15) is 23.4 Å². The number of carbonyl (C=O) groups excluding carboxylic acids is 2. The second-order valence-electron chi connectivity index (χ2n) is 9.97. The minimum atomic E-state index is -2.20. The number of carbonyl (C=O) groups is 2. The molecule has 4 rings (SSSR count). The number of aliphatic hydroxyl groups excluding tert-OH is 3. The summed E-state index contributed by atoms with van der Waals surface area (Å²) in [6.07, 6.45) is 0.381. The topological polar surface area (TPSA) is 124 Å². The second kappa shape index (κ2) is 5.78. The molecule has 4 N–H and O–H groups in total. The monoisotopic (exact) mass is 406 g/mol. The minimum absolute atomic E-state index is 0.100. The molecule has 0 heterocycles. The lowest BCUT2D eigenvalue weighted by atomic mass is 9.59. The highest BCUT2D eigenvalue weighted by Gasteiger charge is 2.83. The molecule has 0 aromatic heterocycles. The first-order valence-electron chi connectivity index (χ1n) is 10.2. The fourth-order valence-corrected chi connectivity index (χ4v) is 6.99. The zero-order chi connectivity index (χ0) is 21.7. The van der Waals surface area contributed by atoms with E-state index in [0.29, 0.717) is 12.0 Å². The maximum absolute atomic E-state index is 14.0. The van der Waals surface area contributed by atoms with E-state index in [4.69, 9.17) is 4.74 Å². The van der Waals surface area contributed by atoms with E-state index in [2.05, 4.69) is 0 Å². The van der Waals surface area contributed by atoms with Crippen molar-refractivity contribution in [1.82, 2.24) is 0 Å². The van der Waals surface area contributed by atoms with E-state index in [1.54, 1.807) is 19.9 Å². The van der Waals surface area contributed by atoms with Gasteiger partial charge >= 0.3 is 5.97 Å². The van der Waals surface area contributed by atoms with E-state index in [0.717, 1.165) is 0 Å². The summed E-state index contributed by atoms with van der Waals surface area (Å²) < 4.78 is 5.83. The first kappa shape index (κ1) is 20.7. The molecule has 0 amide bonds. The zero-order valence-electron chi connectivity index (χ0n) is 17.5. The summed E-state index contributed by atoms with van der Waals surface area (Å²) in [5.74, 6) is -2.39. The predicted octanol–water partition coefficient (Wildman–Crippen LogP) is 0.501. The van der Waals surface area contributed by atoms with Gasteiger partial charge in [0.05, 0.1) is 12.0 Å². The molecule has 2 bridgehead atoms. The van der Waals surface area contributed by atoms with Gasteiger partial charge < -0.3 is 25.2 Å². The number of ketones is 1. The van der Waals surface area contributed by atoms with Crippen LogP contribution in [0.2, 0.25) is 0 Å². The Hall–Kier alpha value is -1.54. The molecule has 0 radical (unpaired) electrons. The highest BCUT2D eigenvalue weighted by molar-refractivity contribution is 5.95. The fourth-order valence-electron chi connectivity index (χ4n) is 6.99. The molecule has 160 valence electrons. The number of aliphatic hydroxyl groups is 4. The molecule has 2 saturated carbocycles. The number of esters is 1. The Labute approximate surface area is 170 Å². The molecule has 29 heavy (non-hydrogen) atoms. The van der Waals surface area contributed by atoms with Crippen LogP contribution in [0.25, 0.3) is 0 Å². The quantitative estimate of drug-likeness (QED) is 0.389. The number of hydrogen-bond acceptors (Lipinski definition) is 7. The van der Waals surface area contributed by atoms with E-state index in [-0.39, 0.29) is 17.3 Å². The van der Waals surface area contributed by atoms with Gasteiger partial charge in [0, 0.05) is 24.2 Å². The zero-order valence-corrected chi connectivity index (χ0v) is 17.5. The van der Waals surface area contributed by atoms with Crippen LogP contribution in [0.1, 0.15) is 41.0 Å². The molecular formula is C22H30O7. The third kappa shape index (κ3) is 2.07. The van der Waals surface area contributed by atoms with Crippen LogP contribution < -0.4 is 0 Å². The third-order valence-corrected chi connectivity index (χ3v) is 8.38. The van der Waals surface area contributed by atoms with Crippen molar-refractivity contribution in [3.05, 3.63) is 23.3 Å². The molecule has 0 aromatic carbocycles. The molecule has 0 aliphatic heterocycles. The Morgan fingerprint density at radius 3 is 2.45 bits per heavy atom. The minimum Gasteiger partial charge on any atom is -0.458 e. The molecule has 2 fully saturated rings. The van der Waals surface area contributed by atoms with Gasteiger partial charge in [-0.25, -0.2) is 0 Å². The van der Waals surface area contributed by atoms with Gasteiger partial charge in [-0.15, -0.1) is 0 Å². The Morgan fingerprint density at radius 1 is 1.28 bits per heavy atom. The Balaban J connectivity index is 2.01. The maximum atomic E-state index is 14.0. The predicted molar refractivity (Wildman–Crippen MR) is 102 cm³/mol. The molecule has 0 aromatic rings. The van der Waals surface area contributed by atoms with Gasteiger partial charge in [-0.2, -0.15) is 0 Å². The molecule has 8 atom stereocenters. The van der Waals surface area contributed by atoms with Crippen LogP contribution in [-0.4, -0.2) is 62.2 Å². The molecular weight excluding hydrogens is 376 g/mol. The Morgan fingerprint density at radius 2 is 1.90 bits per heavy atom. The average molecular weight is 406 g/mol. The Bertz CT molecular complexity index is 857. The third-order valence-electron chi connectivity index (χ3n) is 8.38. The van der Waals surface area contributed by atoms with Gasteiger partial charge in [-0.3, -0.25) is 9.59 Å². The summed E-state index contributed by atoms with van der Waals surface area (Å²) in [4.78, 5) is 26.0.